The van der Waals surface area contributed by atoms with Crippen molar-refractivity contribution in [3.63, 3.8) is 0 Å². The van der Waals surface area contributed by atoms with Crippen molar-refractivity contribution in [3.05, 3.63) is 0 Å². The first-order valence-corrected chi connectivity index (χ1v) is 8.88. The molecule has 1 saturated carbocycles. The first-order valence-electron chi connectivity index (χ1n) is 6.93. The fraction of sp³-hybridized carbons (Fsp3) is 0.846. The lowest BCUT2D eigenvalue weighted by molar-refractivity contribution is -0.174. The highest BCUT2D eigenvalue weighted by molar-refractivity contribution is 7.91. The molecular formula is C13H22O7S. The van der Waals surface area contributed by atoms with Gasteiger partial charge in [-0.3, -0.25) is 9.59 Å². The Morgan fingerprint density at radius 1 is 1.24 bits per heavy atom. The van der Waals surface area contributed by atoms with Gasteiger partial charge >= 0.3 is 11.9 Å². The summed E-state index contributed by atoms with van der Waals surface area (Å²) in [5, 5.41) is 9.58. The summed E-state index contributed by atoms with van der Waals surface area (Å²) in [5.41, 5.74) is -1.98. The van der Waals surface area contributed by atoms with Crippen LogP contribution < -0.4 is 0 Å². The lowest BCUT2D eigenvalue weighted by Gasteiger charge is -2.33. The summed E-state index contributed by atoms with van der Waals surface area (Å²) in [6, 6.07) is 0. The van der Waals surface area contributed by atoms with Crippen molar-refractivity contribution in [2.75, 3.05) is 19.5 Å². The zero-order valence-corrected chi connectivity index (χ0v) is 13.3. The quantitative estimate of drug-likeness (QED) is 0.544. The maximum absolute atomic E-state index is 12.0. The molecule has 1 rings (SSSR count). The largest absolute Gasteiger partial charge is 0.465 e. The van der Waals surface area contributed by atoms with E-state index in [1.165, 1.54) is 0 Å². The molecule has 21 heavy (non-hydrogen) atoms. The van der Waals surface area contributed by atoms with Crippen LogP contribution >= 0.6 is 0 Å². The van der Waals surface area contributed by atoms with Gasteiger partial charge in [0.1, 0.15) is 5.60 Å². The van der Waals surface area contributed by atoms with Crippen molar-refractivity contribution in [2.24, 2.45) is 5.92 Å². The van der Waals surface area contributed by atoms with E-state index in [2.05, 4.69) is 0 Å². The first-order chi connectivity index (χ1) is 9.68. The van der Waals surface area contributed by atoms with E-state index in [9.17, 15) is 23.1 Å². The van der Waals surface area contributed by atoms with E-state index < -0.39 is 38.5 Å². The normalized spacial score (nSPS) is 25.9. The lowest BCUT2D eigenvalue weighted by Crippen LogP contribution is -2.55. The molecule has 2 atom stereocenters. The van der Waals surface area contributed by atoms with E-state index >= 15 is 0 Å². The third-order valence-electron chi connectivity index (χ3n) is 3.66. The third kappa shape index (κ3) is 3.74. The van der Waals surface area contributed by atoms with Crippen molar-refractivity contribution in [1.29, 1.82) is 0 Å². The van der Waals surface area contributed by atoms with Gasteiger partial charge in [0.05, 0.1) is 18.5 Å². The summed E-state index contributed by atoms with van der Waals surface area (Å²) in [5.74, 6) is -3.54. The minimum atomic E-state index is -3.62. The molecule has 0 aliphatic heterocycles. The van der Waals surface area contributed by atoms with E-state index in [0.29, 0.717) is 6.42 Å². The summed E-state index contributed by atoms with van der Waals surface area (Å²) in [7, 11) is -3.62. The number of carbonyl (C=O) groups is 2. The van der Waals surface area contributed by atoms with Crippen LogP contribution in [0.1, 0.15) is 33.1 Å². The molecule has 1 aliphatic carbocycles. The predicted octanol–water partition coefficient (Wildman–Crippen LogP) is 0.0570. The second-order valence-electron chi connectivity index (χ2n) is 5.14. The highest BCUT2D eigenvalue weighted by Crippen LogP contribution is 2.41. The number of hydrogen-bond acceptors (Lipinski definition) is 7. The minimum absolute atomic E-state index is 0.0222. The molecule has 0 aromatic carbocycles. The zero-order chi connectivity index (χ0) is 16.3. The second kappa shape index (κ2) is 6.74. The van der Waals surface area contributed by atoms with E-state index in [1.54, 1.807) is 13.8 Å². The predicted molar refractivity (Wildman–Crippen MR) is 74.2 cm³/mol. The Kier molecular flexibility index (Phi) is 5.75. The van der Waals surface area contributed by atoms with Crippen LogP contribution in [0.5, 0.6) is 0 Å². The van der Waals surface area contributed by atoms with Crippen LogP contribution in [0.25, 0.3) is 0 Å². The smallest absolute Gasteiger partial charge is 0.323 e. The Morgan fingerprint density at radius 3 is 2.10 bits per heavy atom. The molecule has 7 nitrogen and oxygen atoms in total. The molecule has 1 aliphatic rings. The van der Waals surface area contributed by atoms with Crippen molar-refractivity contribution in [3.8, 4) is 0 Å². The average Bonchev–Trinajstić information content (AvgIpc) is 2.72. The van der Waals surface area contributed by atoms with Crippen LogP contribution in [-0.2, 0) is 28.9 Å². The number of aliphatic hydroxyl groups is 1. The topological polar surface area (TPSA) is 107 Å². The Morgan fingerprint density at radius 2 is 1.71 bits per heavy atom. The highest BCUT2D eigenvalue weighted by Gasteiger charge is 2.58. The van der Waals surface area contributed by atoms with Crippen molar-refractivity contribution >= 4 is 21.8 Å². The van der Waals surface area contributed by atoms with Crippen LogP contribution in [0.15, 0.2) is 0 Å². The number of rotatable bonds is 6. The van der Waals surface area contributed by atoms with Crippen LogP contribution in [0.3, 0.4) is 0 Å². The maximum atomic E-state index is 12.0. The van der Waals surface area contributed by atoms with Gasteiger partial charge in [-0.1, -0.05) is 0 Å². The molecular weight excluding hydrogens is 300 g/mol. The minimum Gasteiger partial charge on any atom is -0.465 e. The molecule has 0 amide bonds. The van der Waals surface area contributed by atoms with Crippen LogP contribution in [0.2, 0.25) is 0 Å². The molecule has 0 heterocycles. The van der Waals surface area contributed by atoms with Gasteiger partial charge in [0.25, 0.3) is 0 Å². The molecule has 2 unspecified atom stereocenters. The van der Waals surface area contributed by atoms with Gasteiger partial charge in [0, 0.05) is 6.26 Å². The van der Waals surface area contributed by atoms with E-state index in [4.69, 9.17) is 9.47 Å². The van der Waals surface area contributed by atoms with Crippen molar-refractivity contribution in [1.82, 2.24) is 0 Å². The Hall–Kier alpha value is -1.15. The second-order valence-corrected chi connectivity index (χ2v) is 7.37. The number of carbonyl (C=O) groups excluding carboxylic acids is 2. The van der Waals surface area contributed by atoms with Gasteiger partial charge < -0.3 is 14.6 Å². The number of esters is 2. The van der Waals surface area contributed by atoms with E-state index in [-0.39, 0.29) is 26.1 Å². The first kappa shape index (κ1) is 17.9. The molecule has 1 fully saturated rings. The summed E-state index contributed by atoms with van der Waals surface area (Å²) in [6.45, 7) is 3.17. The van der Waals surface area contributed by atoms with Crippen LogP contribution in [0, 0.1) is 5.92 Å². The van der Waals surface area contributed by atoms with Gasteiger partial charge in [-0.05, 0) is 33.1 Å². The SMILES string of the molecule is CCOC(=O)C(C(=O)OCC)C1(O)CCCC1S(C)(=O)=O. The fourth-order valence-corrected chi connectivity index (χ4v) is 4.44. The Balaban J connectivity index is 3.22. The molecule has 122 valence electrons. The van der Waals surface area contributed by atoms with Gasteiger partial charge in [-0.25, -0.2) is 8.42 Å². The van der Waals surface area contributed by atoms with Crippen molar-refractivity contribution in [2.45, 2.75) is 44.0 Å². The highest BCUT2D eigenvalue weighted by atomic mass is 32.2. The van der Waals surface area contributed by atoms with Crippen molar-refractivity contribution < 1.29 is 32.6 Å². The monoisotopic (exact) mass is 322 g/mol. The lowest BCUT2D eigenvalue weighted by atomic mass is 9.85. The number of ether oxygens (including phenoxy) is 2. The van der Waals surface area contributed by atoms with Crippen LogP contribution in [-0.4, -0.2) is 55.8 Å². The molecule has 0 aromatic heterocycles. The van der Waals surface area contributed by atoms with Gasteiger partial charge in [0.2, 0.25) is 0 Å². The van der Waals surface area contributed by atoms with Crippen LogP contribution in [0.4, 0.5) is 0 Å². The van der Waals surface area contributed by atoms with E-state index in [1.807, 2.05) is 0 Å². The Labute approximate surface area is 124 Å². The molecule has 8 heteroatoms. The summed E-state index contributed by atoms with van der Waals surface area (Å²) in [4.78, 5) is 24.1. The summed E-state index contributed by atoms with van der Waals surface area (Å²) >= 11 is 0. The molecule has 0 aromatic rings. The molecule has 0 spiro atoms. The molecule has 1 N–H and O–H groups in total. The number of hydrogen-bond donors (Lipinski definition) is 1. The maximum Gasteiger partial charge on any atom is 0.323 e. The van der Waals surface area contributed by atoms with Gasteiger partial charge in [-0.15, -0.1) is 0 Å². The Bertz CT molecular complexity index is 481. The number of sulfone groups is 1. The van der Waals surface area contributed by atoms with Gasteiger partial charge in [-0.2, -0.15) is 0 Å². The fourth-order valence-electron chi connectivity index (χ4n) is 2.85. The summed E-state index contributed by atoms with van der Waals surface area (Å²) < 4.78 is 33.3. The zero-order valence-electron chi connectivity index (χ0n) is 12.5. The van der Waals surface area contributed by atoms with Gasteiger partial charge in [0.15, 0.2) is 15.8 Å². The average molecular weight is 322 g/mol. The van der Waals surface area contributed by atoms with E-state index in [0.717, 1.165) is 6.26 Å². The standard InChI is InChI=1S/C13H22O7S/c1-4-19-11(14)10(12(15)20-5-2)13(16)8-6-7-9(13)21(3,17)18/h9-10,16H,4-8H2,1-3H3. The molecule has 0 radical (unpaired) electrons. The molecule has 0 bridgehead atoms. The third-order valence-corrected chi connectivity index (χ3v) is 5.34. The summed E-state index contributed by atoms with van der Waals surface area (Å²) in [6.07, 6.45) is 1.63. The molecule has 0 saturated heterocycles.